The maximum atomic E-state index is 6.09. The second-order valence-corrected chi connectivity index (χ2v) is 6.84. The molecule has 0 unspecified atom stereocenters. The highest BCUT2D eigenvalue weighted by molar-refractivity contribution is 5.95. The van der Waals surface area contributed by atoms with Gasteiger partial charge in [-0.25, -0.2) is 0 Å². The smallest absolute Gasteiger partial charge is 0.145 e. The maximum Gasteiger partial charge on any atom is 0.145 e. The van der Waals surface area contributed by atoms with Gasteiger partial charge in [-0.2, -0.15) is 0 Å². The summed E-state index contributed by atoms with van der Waals surface area (Å²) >= 11 is 0. The predicted molar refractivity (Wildman–Crippen MR) is 98.5 cm³/mol. The van der Waals surface area contributed by atoms with Crippen molar-refractivity contribution in [2.45, 2.75) is 37.9 Å². The number of pyridine rings is 1. The van der Waals surface area contributed by atoms with Crippen LogP contribution in [0.15, 0.2) is 30.5 Å². The molecule has 2 saturated heterocycles. The Morgan fingerprint density at radius 3 is 2.84 bits per heavy atom. The molecular weight excluding hydrogens is 316 g/mol. The van der Waals surface area contributed by atoms with Gasteiger partial charge in [0.15, 0.2) is 0 Å². The van der Waals surface area contributed by atoms with Crippen LogP contribution < -0.4 is 9.64 Å². The summed E-state index contributed by atoms with van der Waals surface area (Å²) in [5, 5.41) is 1.15. The number of para-hydroxylation sites is 1. The van der Waals surface area contributed by atoms with Crippen molar-refractivity contribution in [2.75, 3.05) is 38.3 Å². The van der Waals surface area contributed by atoms with E-state index in [0.717, 1.165) is 62.2 Å². The van der Waals surface area contributed by atoms with Gasteiger partial charge in [0.1, 0.15) is 11.3 Å². The summed E-state index contributed by atoms with van der Waals surface area (Å²) in [6.07, 6.45) is 6.97. The summed E-state index contributed by atoms with van der Waals surface area (Å²) < 4.78 is 17.2. The predicted octanol–water partition coefficient (Wildman–Crippen LogP) is 3.41. The normalized spacial score (nSPS) is 21.8. The van der Waals surface area contributed by atoms with Crippen molar-refractivity contribution in [3.05, 3.63) is 30.5 Å². The van der Waals surface area contributed by atoms with Crippen molar-refractivity contribution in [1.82, 2.24) is 4.98 Å². The average Bonchev–Trinajstić information content (AvgIpc) is 3.19. The minimum atomic E-state index is 0.314. The monoisotopic (exact) mass is 342 g/mol. The fourth-order valence-corrected chi connectivity index (χ4v) is 3.86. The van der Waals surface area contributed by atoms with Crippen LogP contribution in [0.5, 0.6) is 5.75 Å². The zero-order chi connectivity index (χ0) is 17.1. The third-order valence-electron chi connectivity index (χ3n) is 5.26. The van der Waals surface area contributed by atoms with Crippen LogP contribution in [0.3, 0.4) is 0 Å². The molecule has 1 aromatic heterocycles. The molecule has 0 spiro atoms. The maximum absolute atomic E-state index is 6.09. The molecule has 2 aliphatic rings. The molecule has 0 amide bonds. The van der Waals surface area contributed by atoms with E-state index in [9.17, 15) is 0 Å². The Bertz CT molecular complexity index is 707. The Balaban J connectivity index is 1.41. The van der Waals surface area contributed by atoms with Crippen LogP contribution in [0.1, 0.15) is 25.7 Å². The van der Waals surface area contributed by atoms with E-state index in [0.29, 0.717) is 12.2 Å². The van der Waals surface area contributed by atoms with E-state index in [-0.39, 0.29) is 0 Å². The Hall–Kier alpha value is -1.85. The first-order valence-electron chi connectivity index (χ1n) is 9.25. The summed E-state index contributed by atoms with van der Waals surface area (Å²) in [5.41, 5.74) is 2.17. The van der Waals surface area contributed by atoms with E-state index in [1.165, 1.54) is 12.1 Å². The van der Waals surface area contributed by atoms with Gasteiger partial charge in [0.25, 0.3) is 0 Å². The van der Waals surface area contributed by atoms with Crippen LogP contribution in [0.25, 0.3) is 10.9 Å². The van der Waals surface area contributed by atoms with Gasteiger partial charge < -0.3 is 19.1 Å². The largest absolute Gasteiger partial charge is 0.494 e. The molecule has 5 nitrogen and oxygen atoms in total. The lowest BCUT2D eigenvalue weighted by Gasteiger charge is -2.34. The fourth-order valence-electron chi connectivity index (χ4n) is 3.86. The highest BCUT2D eigenvalue weighted by Gasteiger charge is 2.24. The minimum absolute atomic E-state index is 0.314. The molecule has 0 bridgehead atoms. The molecule has 1 atom stereocenters. The number of ether oxygens (including phenoxy) is 3. The van der Waals surface area contributed by atoms with Crippen molar-refractivity contribution in [2.24, 2.45) is 0 Å². The number of nitrogens with zero attached hydrogens (tertiary/aromatic N) is 2. The number of benzene rings is 1. The van der Waals surface area contributed by atoms with Gasteiger partial charge in [0, 0.05) is 37.0 Å². The standard InChI is InChI=1S/C20H26N2O3/c1-23-19-6-2-5-17-18(7-10-21-20(17)19)22-11-8-15(9-12-22)25-14-16-4-3-13-24-16/h2,5-7,10,15-16H,3-4,8-9,11-14H2,1H3/t16-/m0/s1. The van der Waals surface area contributed by atoms with Crippen LogP contribution in [0, 0.1) is 0 Å². The van der Waals surface area contributed by atoms with Gasteiger partial charge in [-0.3, -0.25) is 4.98 Å². The molecule has 2 fully saturated rings. The zero-order valence-corrected chi connectivity index (χ0v) is 14.8. The Morgan fingerprint density at radius 2 is 2.08 bits per heavy atom. The van der Waals surface area contributed by atoms with E-state index in [1.807, 2.05) is 18.3 Å². The van der Waals surface area contributed by atoms with Crippen molar-refractivity contribution >= 4 is 16.6 Å². The number of methoxy groups -OCH3 is 1. The molecule has 5 heteroatoms. The molecule has 25 heavy (non-hydrogen) atoms. The zero-order valence-electron chi connectivity index (χ0n) is 14.8. The number of aromatic nitrogens is 1. The van der Waals surface area contributed by atoms with Crippen LogP contribution >= 0.6 is 0 Å². The Labute approximate surface area is 148 Å². The van der Waals surface area contributed by atoms with Gasteiger partial charge in [-0.15, -0.1) is 0 Å². The van der Waals surface area contributed by atoms with Crippen molar-refractivity contribution < 1.29 is 14.2 Å². The second kappa shape index (κ2) is 7.58. The SMILES string of the molecule is COc1cccc2c(N3CCC(OC[C@@H]4CCCO4)CC3)ccnc12. The Kier molecular flexibility index (Phi) is 5.04. The lowest BCUT2D eigenvalue weighted by molar-refractivity contribution is -0.0280. The number of hydrogen-bond donors (Lipinski definition) is 0. The molecule has 4 rings (SSSR count). The van der Waals surface area contributed by atoms with Crippen molar-refractivity contribution in [1.29, 1.82) is 0 Å². The first kappa shape index (κ1) is 16.6. The van der Waals surface area contributed by atoms with Gasteiger partial charge in [-0.05, 0) is 37.8 Å². The number of piperidine rings is 1. The molecule has 0 N–H and O–H groups in total. The number of anilines is 1. The molecule has 0 saturated carbocycles. The number of hydrogen-bond acceptors (Lipinski definition) is 5. The molecule has 0 aliphatic carbocycles. The van der Waals surface area contributed by atoms with E-state index < -0.39 is 0 Å². The highest BCUT2D eigenvalue weighted by atomic mass is 16.5. The first-order valence-corrected chi connectivity index (χ1v) is 9.25. The van der Waals surface area contributed by atoms with Crippen LogP contribution in [0.4, 0.5) is 5.69 Å². The highest BCUT2D eigenvalue weighted by Crippen LogP contribution is 2.32. The number of fused-ring (bicyclic) bond motifs is 1. The lowest BCUT2D eigenvalue weighted by atomic mass is 10.1. The molecule has 3 heterocycles. The van der Waals surface area contributed by atoms with Gasteiger partial charge >= 0.3 is 0 Å². The third-order valence-corrected chi connectivity index (χ3v) is 5.26. The lowest BCUT2D eigenvalue weighted by Crippen LogP contribution is -2.38. The Morgan fingerprint density at radius 1 is 1.20 bits per heavy atom. The van der Waals surface area contributed by atoms with E-state index in [1.54, 1.807) is 7.11 Å². The molecule has 2 aliphatic heterocycles. The van der Waals surface area contributed by atoms with Crippen LogP contribution in [-0.2, 0) is 9.47 Å². The summed E-state index contributed by atoms with van der Waals surface area (Å²) in [6, 6.07) is 8.23. The van der Waals surface area contributed by atoms with Crippen molar-refractivity contribution in [3.63, 3.8) is 0 Å². The number of rotatable bonds is 5. The average molecular weight is 342 g/mol. The first-order chi connectivity index (χ1) is 12.3. The molecular formula is C20H26N2O3. The van der Waals surface area contributed by atoms with Gasteiger partial charge in [-0.1, -0.05) is 12.1 Å². The van der Waals surface area contributed by atoms with Crippen LogP contribution in [0.2, 0.25) is 0 Å². The van der Waals surface area contributed by atoms with Gasteiger partial charge in [0.2, 0.25) is 0 Å². The molecule has 134 valence electrons. The van der Waals surface area contributed by atoms with E-state index >= 15 is 0 Å². The third kappa shape index (κ3) is 3.58. The second-order valence-electron chi connectivity index (χ2n) is 6.84. The molecule has 2 aromatic rings. The topological polar surface area (TPSA) is 43.8 Å². The minimum Gasteiger partial charge on any atom is -0.494 e. The summed E-state index contributed by atoms with van der Waals surface area (Å²) in [7, 11) is 1.69. The quantitative estimate of drug-likeness (QED) is 0.833. The summed E-state index contributed by atoms with van der Waals surface area (Å²) in [6.45, 7) is 3.66. The van der Waals surface area contributed by atoms with Crippen LogP contribution in [-0.4, -0.2) is 50.6 Å². The van der Waals surface area contributed by atoms with E-state index in [4.69, 9.17) is 14.2 Å². The summed E-state index contributed by atoms with van der Waals surface area (Å²) in [4.78, 5) is 6.95. The summed E-state index contributed by atoms with van der Waals surface area (Å²) in [5.74, 6) is 0.828. The molecule has 0 radical (unpaired) electrons. The van der Waals surface area contributed by atoms with Gasteiger partial charge in [0.05, 0.1) is 25.9 Å². The molecule has 1 aromatic carbocycles. The fraction of sp³-hybridized carbons (Fsp3) is 0.550. The van der Waals surface area contributed by atoms with E-state index in [2.05, 4.69) is 22.0 Å². The van der Waals surface area contributed by atoms with Crippen molar-refractivity contribution in [3.8, 4) is 5.75 Å².